The average molecular weight is 593 g/mol. The van der Waals surface area contributed by atoms with Crippen LogP contribution in [-0.2, 0) is 21.4 Å². The minimum atomic E-state index is -3.69. The van der Waals surface area contributed by atoms with E-state index in [1.165, 1.54) is 27.5 Å². The van der Waals surface area contributed by atoms with Gasteiger partial charge in [0.2, 0.25) is 10.0 Å². The normalized spacial score (nSPS) is 15.2. The van der Waals surface area contributed by atoms with E-state index in [0.29, 0.717) is 31.4 Å². The third kappa shape index (κ3) is 7.61. The van der Waals surface area contributed by atoms with Crippen molar-refractivity contribution in [3.05, 3.63) is 119 Å². The van der Waals surface area contributed by atoms with Crippen LogP contribution in [0.5, 0.6) is 0 Å². The number of nitrogens with zero attached hydrogens (tertiary/aromatic N) is 4. The number of benzene rings is 3. The maximum Gasteiger partial charge on any atom is 0.414 e. The third-order valence-electron chi connectivity index (χ3n) is 7.63. The van der Waals surface area contributed by atoms with Gasteiger partial charge < -0.3 is 9.64 Å². The molecule has 42 heavy (non-hydrogen) atoms. The second-order valence-corrected chi connectivity index (χ2v) is 12.2. The van der Waals surface area contributed by atoms with Crippen LogP contribution in [0, 0.1) is 10.1 Å². The minimum Gasteiger partial charge on any atom is -0.444 e. The van der Waals surface area contributed by atoms with Crippen LogP contribution in [0.25, 0.3) is 0 Å². The number of likely N-dealkylation sites (tertiary alicyclic amines) is 1. The molecule has 0 radical (unpaired) electrons. The Morgan fingerprint density at radius 1 is 1.05 bits per heavy atom. The summed E-state index contributed by atoms with van der Waals surface area (Å²) in [6.45, 7) is 5.97. The highest BCUT2D eigenvalue weighted by Gasteiger charge is 2.31. The minimum absolute atomic E-state index is 0.000292. The van der Waals surface area contributed by atoms with Gasteiger partial charge in [-0.3, -0.25) is 15.0 Å². The van der Waals surface area contributed by atoms with Crippen LogP contribution in [0.4, 0.5) is 10.5 Å². The molecule has 1 heterocycles. The van der Waals surface area contributed by atoms with E-state index in [0.717, 1.165) is 18.7 Å². The summed E-state index contributed by atoms with van der Waals surface area (Å²) < 4.78 is 33.8. The molecular weight excluding hydrogens is 556 g/mol. The molecule has 1 atom stereocenters. The SMILES string of the molecule is C=CN(C(=O)OCc1ccc([N+](=O)[O-])cc1)C1CCN(CCC(c2ccccc2)N(C)S(=O)(=O)c2ccccc2)CC1. The molecule has 10 nitrogen and oxygen atoms in total. The second-order valence-electron chi connectivity index (χ2n) is 10.2. The fourth-order valence-corrected chi connectivity index (χ4v) is 6.59. The number of nitro benzene ring substituents is 1. The number of ether oxygens (including phenoxy) is 1. The summed E-state index contributed by atoms with van der Waals surface area (Å²) in [5, 5.41) is 10.8. The molecule has 1 amide bonds. The predicted octanol–water partition coefficient (Wildman–Crippen LogP) is 5.59. The van der Waals surface area contributed by atoms with E-state index >= 15 is 0 Å². The van der Waals surface area contributed by atoms with Gasteiger partial charge >= 0.3 is 6.09 Å². The van der Waals surface area contributed by atoms with E-state index < -0.39 is 21.0 Å². The van der Waals surface area contributed by atoms with Crippen LogP contribution >= 0.6 is 0 Å². The largest absolute Gasteiger partial charge is 0.444 e. The zero-order valence-corrected chi connectivity index (χ0v) is 24.4. The predicted molar refractivity (Wildman–Crippen MR) is 160 cm³/mol. The topological polar surface area (TPSA) is 113 Å². The molecule has 0 aliphatic carbocycles. The Kier molecular flexibility index (Phi) is 10.5. The number of hydrogen-bond donors (Lipinski definition) is 0. The van der Waals surface area contributed by atoms with E-state index in [1.54, 1.807) is 49.5 Å². The lowest BCUT2D eigenvalue weighted by molar-refractivity contribution is -0.384. The first-order chi connectivity index (χ1) is 20.2. The van der Waals surface area contributed by atoms with Crippen molar-refractivity contribution in [2.24, 2.45) is 0 Å². The van der Waals surface area contributed by atoms with Crippen LogP contribution in [-0.4, -0.2) is 66.3 Å². The second kappa shape index (κ2) is 14.2. The monoisotopic (exact) mass is 592 g/mol. The molecule has 4 rings (SSSR count). The van der Waals surface area contributed by atoms with Crippen LogP contribution in [0.15, 0.2) is 103 Å². The van der Waals surface area contributed by atoms with Gasteiger partial charge in [-0.05, 0) is 61.2 Å². The zero-order valence-electron chi connectivity index (χ0n) is 23.6. The van der Waals surface area contributed by atoms with Gasteiger partial charge in [-0.2, -0.15) is 4.31 Å². The standard InChI is InChI=1S/C31H36N4O6S/c1-3-34(31(36)41-24-25-14-16-28(17-15-25)35(37)38)27-18-21-33(22-19-27)23-20-30(26-10-6-4-7-11-26)32(2)42(39,40)29-12-8-5-9-13-29/h3-17,27,30H,1,18-24H2,2H3. The van der Waals surface area contributed by atoms with E-state index in [2.05, 4.69) is 11.5 Å². The van der Waals surface area contributed by atoms with Crippen molar-refractivity contribution in [1.29, 1.82) is 0 Å². The summed E-state index contributed by atoms with van der Waals surface area (Å²) in [5.74, 6) is 0. The first kappa shape index (κ1) is 30.9. The fourth-order valence-electron chi connectivity index (χ4n) is 5.19. The number of carbonyl (C=O) groups excluding carboxylic acids is 1. The van der Waals surface area contributed by atoms with Gasteiger partial charge in [-0.15, -0.1) is 0 Å². The number of carbonyl (C=O) groups is 1. The number of amides is 1. The van der Waals surface area contributed by atoms with Gasteiger partial charge in [0.25, 0.3) is 5.69 Å². The van der Waals surface area contributed by atoms with Crippen LogP contribution in [0.1, 0.15) is 36.4 Å². The van der Waals surface area contributed by atoms with Crippen LogP contribution < -0.4 is 0 Å². The van der Waals surface area contributed by atoms with Crippen molar-refractivity contribution in [3.63, 3.8) is 0 Å². The molecule has 0 aromatic heterocycles. The summed E-state index contributed by atoms with van der Waals surface area (Å²) in [4.78, 5) is 27.2. The highest BCUT2D eigenvalue weighted by molar-refractivity contribution is 7.89. The summed E-state index contributed by atoms with van der Waals surface area (Å²) in [6, 6.07) is 23.6. The van der Waals surface area contributed by atoms with Gasteiger partial charge in [0.05, 0.1) is 15.9 Å². The average Bonchev–Trinajstić information content (AvgIpc) is 3.02. The molecule has 1 aliphatic rings. The van der Waals surface area contributed by atoms with E-state index in [9.17, 15) is 23.3 Å². The molecule has 222 valence electrons. The summed E-state index contributed by atoms with van der Waals surface area (Å²) in [6.07, 6.45) is 3.01. The summed E-state index contributed by atoms with van der Waals surface area (Å²) in [5.41, 5.74) is 1.56. The number of sulfonamides is 1. The summed E-state index contributed by atoms with van der Waals surface area (Å²) in [7, 11) is -2.05. The van der Waals surface area contributed by atoms with E-state index in [1.807, 2.05) is 30.3 Å². The number of rotatable bonds is 12. The Labute approximate surface area is 247 Å². The molecule has 3 aromatic carbocycles. The van der Waals surface area contributed by atoms with Gasteiger partial charge in [0.15, 0.2) is 0 Å². The third-order valence-corrected chi connectivity index (χ3v) is 9.51. The first-order valence-corrected chi connectivity index (χ1v) is 15.3. The van der Waals surface area contributed by atoms with Gasteiger partial charge in [0.1, 0.15) is 6.61 Å². The molecule has 1 aliphatic heterocycles. The fraction of sp³-hybridized carbons (Fsp3) is 0.323. The molecule has 0 N–H and O–H groups in total. The lowest BCUT2D eigenvalue weighted by Crippen LogP contribution is -2.45. The lowest BCUT2D eigenvalue weighted by atomic mass is 10.0. The Bertz CT molecular complexity index is 1440. The van der Waals surface area contributed by atoms with Crippen molar-refractivity contribution in [2.45, 2.75) is 42.8 Å². The molecular formula is C31H36N4O6S. The molecule has 1 saturated heterocycles. The Morgan fingerprint density at radius 2 is 1.64 bits per heavy atom. The molecule has 1 fully saturated rings. The number of hydrogen-bond acceptors (Lipinski definition) is 7. The molecule has 3 aromatic rings. The maximum absolute atomic E-state index is 13.4. The van der Waals surface area contributed by atoms with Gasteiger partial charge in [-0.1, -0.05) is 55.1 Å². The highest BCUT2D eigenvalue weighted by atomic mass is 32.2. The quantitative estimate of drug-likeness (QED) is 0.199. The Balaban J connectivity index is 1.33. The number of nitro groups is 1. The van der Waals surface area contributed by atoms with Crippen molar-refractivity contribution < 1.29 is 22.9 Å². The molecule has 1 unspecified atom stereocenters. The van der Waals surface area contributed by atoms with E-state index in [4.69, 9.17) is 4.74 Å². The van der Waals surface area contributed by atoms with Gasteiger partial charge in [-0.25, -0.2) is 13.2 Å². The molecule has 0 spiro atoms. The summed E-state index contributed by atoms with van der Waals surface area (Å²) >= 11 is 0. The molecule has 0 bridgehead atoms. The zero-order chi connectivity index (χ0) is 30.1. The highest BCUT2D eigenvalue weighted by Crippen LogP contribution is 2.30. The van der Waals surface area contributed by atoms with Crippen molar-refractivity contribution >= 4 is 21.8 Å². The number of non-ortho nitro benzene ring substituents is 1. The maximum atomic E-state index is 13.4. The Morgan fingerprint density at radius 3 is 2.21 bits per heavy atom. The van der Waals surface area contributed by atoms with Gasteiger partial charge in [0, 0.05) is 44.5 Å². The van der Waals surface area contributed by atoms with Crippen molar-refractivity contribution in [1.82, 2.24) is 14.1 Å². The lowest BCUT2D eigenvalue weighted by Gasteiger charge is -2.37. The first-order valence-electron chi connectivity index (χ1n) is 13.8. The smallest absolute Gasteiger partial charge is 0.414 e. The van der Waals surface area contributed by atoms with Crippen molar-refractivity contribution in [2.75, 3.05) is 26.7 Å². The Hall–Kier alpha value is -4.06. The molecule has 0 saturated carbocycles. The molecule has 11 heteroatoms. The number of piperidine rings is 1. The van der Waals surface area contributed by atoms with E-state index in [-0.39, 0.29) is 29.3 Å². The van der Waals surface area contributed by atoms with Crippen LogP contribution in [0.3, 0.4) is 0 Å². The van der Waals surface area contributed by atoms with Crippen molar-refractivity contribution in [3.8, 4) is 0 Å². The van der Waals surface area contributed by atoms with Crippen LogP contribution in [0.2, 0.25) is 0 Å².